The number of ether oxygens (including phenoxy) is 1. The van der Waals surface area contributed by atoms with Gasteiger partial charge in [0.2, 0.25) is 5.91 Å². The molecule has 1 heterocycles. The van der Waals surface area contributed by atoms with Crippen molar-refractivity contribution in [1.29, 1.82) is 0 Å². The highest BCUT2D eigenvalue weighted by Gasteiger charge is 2.22. The highest BCUT2D eigenvalue weighted by Crippen LogP contribution is 2.25. The molecule has 0 spiro atoms. The van der Waals surface area contributed by atoms with E-state index in [1.54, 1.807) is 0 Å². The van der Waals surface area contributed by atoms with E-state index in [0.717, 1.165) is 0 Å². The van der Waals surface area contributed by atoms with Gasteiger partial charge in [-0.15, -0.1) is 0 Å². The molecule has 3 nitrogen and oxygen atoms in total. The van der Waals surface area contributed by atoms with Crippen molar-refractivity contribution in [1.82, 2.24) is 5.32 Å². The summed E-state index contributed by atoms with van der Waals surface area (Å²) in [6.07, 6.45) is 0.00361. The zero-order valence-corrected chi connectivity index (χ0v) is 9.04. The van der Waals surface area contributed by atoms with E-state index >= 15 is 0 Å². The second-order valence-electron chi connectivity index (χ2n) is 3.91. The molecule has 1 amide bonds. The van der Waals surface area contributed by atoms with Gasteiger partial charge in [-0.2, -0.15) is 0 Å². The number of rotatable bonds is 1. The minimum atomic E-state index is -0.0301. The topological polar surface area (TPSA) is 38.3 Å². The van der Waals surface area contributed by atoms with Gasteiger partial charge in [-0.3, -0.25) is 4.79 Å². The van der Waals surface area contributed by atoms with Crippen LogP contribution in [0.3, 0.4) is 0 Å². The number of benzene rings is 1. The molecule has 1 N–H and O–H groups in total. The molecule has 2 rings (SSSR count). The molecule has 1 saturated heterocycles. The second kappa shape index (κ2) is 4.03. The Balaban J connectivity index is 2.26. The van der Waals surface area contributed by atoms with Gasteiger partial charge in [0.15, 0.2) is 0 Å². The number of carbonyl (C=O) groups is 1. The Kier molecular flexibility index (Phi) is 2.73. The van der Waals surface area contributed by atoms with Crippen LogP contribution >= 0.6 is 0 Å². The second-order valence-corrected chi connectivity index (χ2v) is 3.91. The van der Waals surface area contributed by atoms with Crippen LogP contribution in [-0.4, -0.2) is 19.1 Å². The first kappa shape index (κ1) is 10.2. The van der Waals surface area contributed by atoms with Gasteiger partial charge in [0, 0.05) is 6.54 Å². The Bertz CT molecular complexity index is 357. The van der Waals surface area contributed by atoms with Gasteiger partial charge in [-0.05, 0) is 30.5 Å². The molecule has 1 aliphatic heterocycles. The minimum Gasteiger partial charge on any atom is -0.362 e. The van der Waals surface area contributed by atoms with Gasteiger partial charge in [0.1, 0.15) is 12.7 Å². The Hall–Kier alpha value is -1.35. The van der Waals surface area contributed by atoms with E-state index in [9.17, 15) is 4.79 Å². The normalized spacial score (nSPS) is 21.2. The maximum absolute atomic E-state index is 11.0. The summed E-state index contributed by atoms with van der Waals surface area (Å²) in [5, 5.41) is 2.82. The minimum absolute atomic E-state index is 0.00361. The first-order chi connectivity index (χ1) is 7.18. The molecule has 1 aromatic rings. The molecule has 0 unspecified atom stereocenters. The lowest BCUT2D eigenvalue weighted by Crippen LogP contribution is -2.39. The summed E-state index contributed by atoms with van der Waals surface area (Å²) in [6.45, 7) is 4.88. The van der Waals surface area contributed by atoms with Gasteiger partial charge < -0.3 is 10.1 Å². The standard InChI is InChI=1S/C12H15NO2/c1-8-4-3-5-9(2)12(8)10-6-13-11(14)7-15-10/h3-5,10H,6-7H2,1-2H3,(H,13,14)/t10-/m1/s1. The van der Waals surface area contributed by atoms with E-state index in [0.29, 0.717) is 6.54 Å². The zero-order valence-electron chi connectivity index (χ0n) is 9.04. The first-order valence-corrected chi connectivity index (χ1v) is 5.13. The lowest BCUT2D eigenvalue weighted by molar-refractivity contribution is -0.133. The average Bonchev–Trinajstić information content (AvgIpc) is 2.20. The van der Waals surface area contributed by atoms with Crippen LogP contribution in [-0.2, 0) is 9.53 Å². The average molecular weight is 205 g/mol. The molecule has 0 aromatic heterocycles. The fraction of sp³-hybridized carbons (Fsp3) is 0.417. The van der Waals surface area contributed by atoms with E-state index in [1.807, 2.05) is 6.07 Å². The van der Waals surface area contributed by atoms with Crippen molar-refractivity contribution in [3.05, 3.63) is 34.9 Å². The van der Waals surface area contributed by atoms with E-state index < -0.39 is 0 Å². The monoisotopic (exact) mass is 205 g/mol. The largest absolute Gasteiger partial charge is 0.362 e. The fourth-order valence-electron chi connectivity index (χ4n) is 2.01. The SMILES string of the molecule is Cc1cccc(C)c1[C@H]1CNC(=O)CO1. The van der Waals surface area contributed by atoms with Crippen molar-refractivity contribution in [2.75, 3.05) is 13.2 Å². The van der Waals surface area contributed by atoms with E-state index in [-0.39, 0.29) is 18.6 Å². The zero-order chi connectivity index (χ0) is 10.8. The third kappa shape index (κ3) is 2.02. The Morgan fingerprint density at radius 2 is 2.00 bits per heavy atom. The molecule has 80 valence electrons. The molecule has 1 aliphatic rings. The number of carbonyl (C=O) groups excluding carboxylic acids is 1. The van der Waals surface area contributed by atoms with Gasteiger partial charge in [-0.25, -0.2) is 0 Å². The lowest BCUT2D eigenvalue weighted by Gasteiger charge is -2.26. The summed E-state index contributed by atoms with van der Waals surface area (Å²) in [7, 11) is 0. The van der Waals surface area contributed by atoms with Crippen LogP contribution in [0, 0.1) is 13.8 Å². The van der Waals surface area contributed by atoms with Crippen LogP contribution in [0.5, 0.6) is 0 Å². The number of morpholine rings is 1. The summed E-state index contributed by atoms with van der Waals surface area (Å²) in [5.74, 6) is -0.0301. The molecule has 0 aliphatic carbocycles. The van der Waals surface area contributed by atoms with Crippen LogP contribution in [0.4, 0.5) is 0 Å². The molecular weight excluding hydrogens is 190 g/mol. The van der Waals surface area contributed by atoms with Gasteiger partial charge >= 0.3 is 0 Å². The summed E-state index contributed by atoms with van der Waals surface area (Å²) < 4.78 is 5.53. The summed E-state index contributed by atoms with van der Waals surface area (Å²) in [4.78, 5) is 11.0. The number of hydrogen-bond donors (Lipinski definition) is 1. The number of nitrogens with one attached hydrogen (secondary N) is 1. The molecule has 1 fully saturated rings. The third-order valence-corrected chi connectivity index (χ3v) is 2.76. The third-order valence-electron chi connectivity index (χ3n) is 2.76. The Morgan fingerprint density at radius 1 is 1.33 bits per heavy atom. The molecule has 0 bridgehead atoms. The fourth-order valence-corrected chi connectivity index (χ4v) is 2.01. The highest BCUT2D eigenvalue weighted by molar-refractivity contribution is 5.77. The summed E-state index contributed by atoms with van der Waals surface area (Å²) >= 11 is 0. The smallest absolute Gasteiger partial charge is 0.246 e. The highest BCUT2D eigenvalue weighted by atomic mass is 16.5. The van der Waals surface area contributed by atoms with Crippen LogP contribution in [0.25, 0.3) is 0 Å². The maximum atomic E-state index is 11.0. The van der Waals surface area contributed by atoms with E-state index in [2.05, 4.69) is 31.3 Å². The number of amides is 1. The number of hydrogen-bond acceptors (Lipinski definition) is 2. The summed E-state index contributed by atoms with van der Waals surface area (Å²) in [6, 6.07) is 6.18. The predicted molar refractivity (Wildman–Crippen MR) is 57.6 cm³/mol. The Morgan fingerprint density at radius 3 is 2.53 bits per heavy atom. The van der Waals surface area contributed by atoms with Crippen LogP contribution in [0.1, 0.15) is 22.8 Å². The van der Waals surface area contributed by atoms with Gasteiger partial charge in [0.05, 0.1) is 0 Å². The molecule has 0 radical (unpaired) electrons. The lowest BCUT2D eigenvalue weighted by atomic mass is 9.97. The van der Waals surface area contributed by atoms with Crippen molar-refractivity contribution in [2.45, 2.75) is 20.0 Å². The van der Waals surface area contributed by atoms with Crippen LogP contribution in [0.15, 0.2) is 18.2 Å². The van der Waals surface area contributed by atoms with Crippen molar-refractivity contribution in [3.8, 4) is 0 Å². The molecule has 3 heteroatoms. The molecule has 0 saturated carbocycles. The maximum Gasteiger partial charge on any atom is 0.246 e. The van der Waals surface area contributed by atoms with Crippen molar-refractivity contribution >= 4 is 5.91 Å². The van der Waals surface area contributed by atoms with Crippen molar-refractivity contribution in [3.63, 3.8) is 0 Å². The molecule has 15 heavy (non-hydrogen) atoms. The van der Waals surface area contributed by atoms with Crippen molar-refractivity contribution < 1.29 is 9.53 Å². The number of aryl methyl sites for hydroxylation is 2. The van der Waals surface area contributed by atoms with Crippen LogP contribution in [0.2, 0.25) is 0 Å². The first-order valence-electron chi connectivity index (χ1n) is 5.13. The Labute approximate surface area is 89.4 Å². The molecular formula is C12H15NO2. The quantitative estimate of drug-likeness (QED) is 0.754. The predicted octanol–water partition coefficient (Wildman–Crippen LogP) is 1.49. The van der Waals surface area contributed by atoms with E-state index in [1.165, 1.54) is 16.7 Å². The van der Waals surface area contributed by atoms with Crippen LogP contribution < -0.4 is 5.32 Å². The molecule has 1 atom stereocenters. The summed E-state index contributed by atoms with van der Waals surface area (Å²) in [5.41, 5.74) is 3.64. The van der Waals surface area contributed by atoms with Crippen molar-refractivity contribution in [2.24, 2.45) is 0 Å². The van der Waals surface area contributed by atoms with E-state index in [4.69, 9.17) is 4.74 Å². The molecule has 1 aromatic carbocycles. The van der Waals surface area contributed by atoms with Gasteiger partial charge in [-0.1, -0.05) is 18.2 Å². The van der Waals surface area contributed by atoms with Gasteiger partial charge in [0.25, 0.3) is 0 Å².